The maximum atomic E-state index is 14.0. The van der Waals surface area contributed by atoms with E-state index in [0.29, 0.717) is 38.9 Å². The number of ketones is 1. The smallest absolute Gasteiger partial charge is 0.292 e. The number of carbonyl (C=O) groups is 1. The molecule has 0 saturated heterocycles. The molecule has 0 atom stereocenters. The highest BCUT2D eigenvalue weighted by atomic mass is 32.2. The molecule has 4 aromatic rings. The Morgan fingerprint density at radius 1 is 1.11 bits per heavy atom. The Kier molecular flexibility index (Phi) is 7.38. The summed E-state index contributed by atoms with van der Waals surface area (Å²) >= 11 is 2.84. The molecule has 2 aromatic heterocycles. The number of thiazole rings is 1. The summed E-state index contributed by atoms with van der Waals surface area (Å²) in [5.74, 6) is -0.608. The second kappa shape index (κ2) is 10.2. The first kappa shape index (κ1) is 26.1. The number of carbonyl (C=O) groups excluding carboxylic acids is 1. The maximum Gasteiger partial charge on any atom is 0.416 e. The Morgan fingerprint density at radius 2 is 1.81 bits per heavy atom. The highest BCUT2D eigenvalue weighted by Crippen LogP contribution is 2.41. The molecule has 0 bridgehead atoms. The number of aromatic nitrogens is 3. The third kappa shape index (κ3) is 5.24. The second-order valence-electron chi connectivity index (χ2n) is 8.38. The van der Waals surface area contributed by atoms with E-state index in [4.69, 9.17) is 4.98 Å². The first-order chi connectivity index (χ1) is 17.0. The van der Waals surface area contributed by atoms with Crippen LogP contribution in [0.25, 0.3) is 27.5 Å². The molecule has 4 rings (SSSR count). The van der Waals surface area contributed by atoms with Crippen LogP contribution in [0.2, 0.25) is 0 Å². The number of nitrogens with zero attached hydrogens (tertiary/aromatic N) is 3. The molecule has 2 heterocycles. The van der Waals surface area contributed by atoms with Gasteiger partial charge in [-0.3, -0.25) is 4.79 Å². The molecule has 0 amide bonds. The van der Waals surface area contributed by atoms with E-state index in [1.165, 1.54) is 52.0 Å². The standard InChI is InChI=1S/C26H23F4N3OS2/c1-5-20(34)23-21(17-7-6-8-19(27)13-17)15(4)32-33(23)25-31-22(24(36-25)35-14(2)3)16-9-11-18(12-10-16)26(28,29)30/h6-14H,5H2,1-4H3. The molecule has 0 radical (unpaired) electrons. The fourth-order valence-electron chi connectivity index (χ4n) is 3.76. The minimum Gasteiger partial charge on any atom is -0.292 e. The van der Waals surface area contributed by atoms with Crippen molar-refractivity contribution < 1.29 is 22.4 Å². The Balaban J connectivity index is 1.89. The van der Waals surface area contributed by atoms with Gasteiger partial charge in [-0.2, -0.15) is 18.3 Å². The average Bonchev–Trinajstić information content (AvgIpc) is 3.38. The van der Waals surface area contributed by atoms with Crippen LogP contribution in [0.4, 0.5) is 17.6 Å². The summed E-state index contributed by atoms with van der Waals surface area (Å²) in [6.07, 6.45) is -4.23. The molecule has 0 N–H and O–H groups in total. The summed E-state index contributed by atoms with van der Waals surface area (Å²) in [5, 5.41) is 5.19. The van der Waals surface area contributed by atoms with Crippen LogP contribution in [0, 0.1) is 12.7 Å². The zero-order valence-electron chi connectivity index (χ0n) is 20.0. The van der Waals surface area contributed by atoms with E-state index in [1.807, 2.05) is 13.8 Å². The zero-order chi connectivity index (χ0) is 26.2. The maximum absolute atomic E-state index is 14.0. The van der Waals surface area contributed by atoms with E-state index >= 15 is 0 Å². The number of benzene rings is 2. The number of aryl methyl sites for hydroxylation is 1. The van der Waals surface area contributed by atoms with E-state index in [-0.39, 0.29) is 17.5 Å². The summed E-state index contributed by atoms with van der Waals surface area (Å²) in [6.45, 7) is 7.50. The van der Waals surface area contributed by atoms with Crippen LogP contribution in [-0.4, -0.2) is 25.8 Å². The van der Waals surface area contributed by atoms with Crippen molar-refractivity contribution in [3.8, 4) is 27.5 Å². The molecule has 10 heteroatoms. The number of halogens is 4. The number of thioether (sulfide) groups is 1. The molecule has 36 heavy (non-hydrogen) atoms. The van der Waals surface area contributed by atoms with Gasteiger partial charge in [-0.1, -0.05) is 56.4 Å². The molecular formula is C26H23F4N3OS2. The molecule has 0 aliphatic carbocycles. The lowest BCUT2D eigenvalue weighted by Crippen LogP contribution is -2.09. The van der Waals surface area contributed by atoms with E-state index in [0.717, 1.165) is 16.3 Å². The number of hydrogen-bond acceptors (Lipinski definition) is 5. The van der Waals surface area contributed by atoms with Crippen molar-refractivity contribution in [1.29, 1.82) is 0 Å². The van der Waals surface area contributed by atoms with Gasteiger partial charge in [0.1, 0.15) is 11.5 Å². The van der Waals surface area contributed by atoms with Gasteiger partial charge in [0, 0.05) is 22.8 Å². The van der Waals surface area contributed by atoms with Gasteiger partial charge >= 0.3 is 6.18 Å². The largest absolute Gasteiger partial charge is 0.416 e. The van der Waals surface area contributed by atoms with E-state index < -0.39 is 17.6 Å². The quantitative estimate of drug-likeness (QED) is 0.136. The van der Waals surface area contributed by atoms with Crippen LogP contribution in [-0.2, 0) is 6.18 Å². The van der Waals surface area contributed by atoms with Crippen LogP contribution in [0.3, 0.4) is 0 Å². The Bertz CT molecular complexity index is 1410. The summed E-state index contributed by atoms with van der Waals surface area (Å²) in [6, 6.07) is 10.8. The Labute approximate surface area is 214 Å². The van der Waals surface area contributed by atoms with E-state index in [1.54, 1.807) is 26.0 Å². The molecule has 4 nitrogen and oxygen atoms in total. The summed E-state index contributed by atoms with van der Waals surface area (Å²) in [4.78, 5) is 17.8. The summed E-state index contributed by atoms with van der Waals surface area (Å²) in [5.41, 5.74) is 2.23. The highest BCUT2D eigenvalue weighted by molar-refractivity contribution is 8.01. The predicted octanol–water partition coefficient (Wildman–Crippen LogP) is 8.22. The summed E-state index contributed by atoms with van der Waals surface area (Å²) < 4.78 is 55.5. The van der Waals surface area contributed by atoms with Gasteiger partial charge in [-0.05, 0) is 36.8 Å². The third-order valence-electron chi connectivity index (χ3n) is 5.35. The van der Waals surface area contributed by atoms with Crippen molar-refractivity contribution in [3.05, 3.63) is 71.3 Å². The first-order valence-corrected chi connectivity index (χ1v) is 12.9. The molecular weight excluding hydrogens is 510 g/mol. The molecule has 2 aromatic carbocycles. The van der Waals surface area contributed by atoms with Crippen molar-refractivity contribution in [2.45, 2.75) is 49.8 Å². The minimum absolute atomic E-state index is 0.181. The van der Waals surface area contributed by atoms with Gasteiger partial charge in [0.15, 0.2) is 5.78 Å². The van der Waals surface area contributed by atoms with Crippen molar-refractivity contribution in [3.63, 3.8) is 0 Å². The van der Waals surface area contributed by atoms with Crippen molar-refractivity contribution in [2.75, 3.05) is 0 Å². The Hall–Kier alpha value is -2.98. The minimum atomic E-state index is -4.43. The first-order valence-electron chi connectivity index (χ1n) is 11.2. The van der Waals surface area contributed by atoms with Crippen LogP contribution >= 0.6 is 23.1 Å². The Morgan fingerprint density at radius 3 is 2.39 bits per heavy atom. The number of Topliss-reactive ketones (excluding diaryl/α,β-unsaturated/α-hetero) is 1. The van der Waals surface area contributed by atoms with E-state index in [9.17, 15) is 22.4 Å². The van der Waals surface area contributed by atoms with Crippen molar-refractivity contribution >= 4 is 28.9 Å². The lowest BCUT2D eigenvalue weighted by atomic mass is 10.0. The molecule has 188 valence electrons. The normalized spacial score (nSPS) is 11.9. The lowest BCUT2D eigenvalue weighted by Gasteiger charge is -2.08. The highest BCUT2D eigenvalue weighted by Gasteiger charge is 2.31. The number of hydrogen-bond donors (Lipinski definition) is 0. The van der Waals surface area contributed by atoms with Gasteiger partial charge < -0.3 is 0 Å². The predicted molar refractivity (Wildman–Crippen MR) is 135 cm³/mol. The SMILES string of the molecule is CCC(=O)c1c(-c2cccc(F)c2)c(C)nn1-c1nc(-c2ccc(C(F)(F)F)cc2)c(SC(C)C)s1. The molecule has 0 aliphatic heterocycles. The van der Waals surface area contributed by atoms with Gasteiger partial charge in [0.05, 0.1) is 21.2 Å². The third-order valence-corrected chi connectivity index (χ3v) is 7.60. The fourth-order valence-corrected chi connectivity index (χ4v) is 6.24. The van der Waals surface area contributed by atoms with Gasteiger partial charge in [0.2, 0.25) is 5.13 Å². The molecule has 0 fully saturated rings. The van der Waals surface area contributed by atoms with Crippen molar-refractivity contribution in [1.82, 2.24) is 14.8 Å². The van der Waals surface area contributed by atoms with Crippen LogP contribution in [0.5, 0.6) is 0 Å². The monoisotopic (exact) mass is 533 g/mol. The molecule has 0 saturated carbocycles. The number of rotatable bonds is 7. The van der Waals surface area contributed by atoms with Crippen molar-refractivity contribution in [2.24, 2.45) is 0 Å². The summed E-state index contributed by atoms with van der Waals surface area (Å²) in [7, 11) is 0. The lowest BCUT2D eigenvalue weighted by molar-refractivity contribution is -0.137. The average molecular weight is 534 g/mol. The molecule has 0 aliphatic rings. The topological polar surface area (TPSA) is 47.8 Å². The number of alkyl halides is 3. The zero-order valence-corrected chi connectivity index (χ0v) is 21.6. The molecule has 0 spiro atoms. The fraction of sp³-hybridized carbons (Fsp3) is 0.269. The second-order valence-corrected chi connectivity index (χ2v) is 11.2. The van der Waals surface area contributed by atoms with Gasteiger partial charge in [-0.25, -0.2) is 14.1 Å². The van der Waals surface area contributed by atoms with E-state index in [2.05, 4.69) is 5.10 Å². The van der Waals surface area contributed by atoms with Gasteiger partial charge in [0.25, 0.3) is 0 Å². The van der Waals surface area contributed by atoms with Crippen LogP contribution in [0.15, 0.2) is 52.7 Å². The van der Waals surface area contributed by atoms with Crippen LogP contribution < -0.4 is 0 Å². The van der Waals surface area contributed by atoms with Gasteiger partial charge in [-0.15, -0.1) is 11.8 Å². The molecule has 0 unspecified atom stereocenters. The van der Waals surface area contributed by atoms with Crippen LogP contribution in [0.1, 0.15) is 48.9 Å².